The fourth-order valence-corrected chi connectivity index (χ4v) is 1.19. The first-order valence-corrected chi connectivity index (χ1v) is 6.37. The van der Waals surface area contributed by atoms with E-state index in [0.29, 0.717) is 6.54 Å². The number of hydrogen-bond acceptors (Lipinski definition) is 3. The maximum Gasteiger partial charge on any atom is 0.233 e. The number of carbonyl (C=O) groups is 1. The molecule has 17 heavy (non-hydrogen) atoms. The van der Waals surface area contributed by atoms with Gasteiger partial charge in [-0.3, -0.25) is 4.79 Å². The minimum Gasteiger partial charge on any atom is -0.355 e. The highest BCUT2D eigenvalue weighted by atomic mass is 16.1. The molecule has 102 valence electrons. The molecule has 0 atom stereocenters. The molecule has 0 saturated heterocycles. The minimum atomic E-state index is -0.00880. The van der Waals surface area contributed by atoms with Crippen LogP contribution >= 0.6 is 0 Å². The van der Waals surface area contributed by atoms with Crippen LogP contribution in [0.15, 0.2) is 0 Å². The van der Waals surface area contributed by atoms with Gasteiger partial charge in [-0.15, -0.1) is 0 Å². The molecule has 0 rings (SSSR count). The number of nitrogens with one attached hydrogen (secondary N) is 3. The highest BCUT2D eigenvalue weighted by molar-refractivity contribution is 5.78. The molecular formula is C13H29N3O. The lowest BCUT2D eigenvalue weighted by Crippen LogP contribution is -2.44. The zero-order valence-corrected chi connectivity index (χ0v) is 12.2. The Bertz CT molecular complexity index is 226. The minimum absolute atomic E-state index is 0.00880. The lowest BCUT2D eigenvalue weighted by atomic mass is 10.1. The van der Waals surface area contributed by atoms with Crippen LogP contribution < -0.4 is 16.0 Å². The van der Waals surface area contributed by atoms with Crippen LogP contribution in [-0.4, -0.2) is 36.6 Å². The first-order valence-electron chi connectivity index (χ1n) is 6.37. The zero-order chi connectivity index (χ0) is 13.5. The molecule has 4 nitrogen and oxygen atoms in total. The number of hydrogen-bond donors (Lipinski definition) is 3. The summed E-state index contributed by atoms with van der Waals surface area (Å²) in [5, 5.41) is 9.44. The predicted molar refractivity (Wildman–Crippen MR) is 73.1 cm³/mol. The third kappa shape index (κ3) is 13.3. The van der Waals surface area contributed by atoms with E-state index < -0.39 is 0 Å². The van der Waals surface area contributed by atoms with Gasteiger partial charge in [0.15, 0.2) is 0 Å². The second kappa shape index (κ2) is 6.97. The maximum absolute atomic E-state index is 11.5. The molecule has 0 aliphatic carbocycles. The van der Waals surface area contributed by atoms with E-state index in [4.69, 9.17) is 0 Å². The van der Waals surface area contributed by atoms with Crippen molar-refractivity contribution in [3.63, 3.8) is 0 Å². The van der Waals surface area contributed by atoms with Gasteiger partial charge in [0.25, 0.3) is 0 Å². The number of amides is 1. The summed E-state index contributed by atoms with van der Waals surface area (Å²) >= 11 is 0. The Morgan fingerprint density at radius 3 is 1.88 bits per heavy atom. The van der Waals surface area contributed by atoms with Crippen molar-refractivity contribution in [3.8, 4) is 0 Å². The van der Waals surface area contributed by atoms with Crippen LogP contribution in [0, 0.1) is 0 Å². The predicted octanol–water partition coefficient (Wildman–Crippen LogP) is 1.27. The molecule has 4 heteroatoms. The van der Waals surface area contributed by atoms with E-state index in [9.17, 15) is 4.79 Å². The molecule has 0 aliphatic rings. The molecule has 3 N–H and O–H groups in total. The van der Waals surface area contributed by atoms with E-state index in [-0.39, 0.29) is 17.0 Å². The van der Waals surface area contributed by atoms with Crippen LogP contribution in [0.3, 0.4) is 0 Å². The first-order chi connectivity index (χ1) is 7.60. The molecule has 1 amide bonds. The molecule has 0 fully saturated rings. The average molecular weight is 243 g/mol. The summed E-state index contributed by atoms with van der Waals surface area (Å²) in [6, 6.07) is 0. The fourth-order valence-electron chi connectivity index (χ4n) is 1.19. The molecule has 0 unspecified atom stereocenters. The molecule has 0 saturated carbocycles. The molecule has 0 aliphatic heterocycles. The highest BCUT2D eigenvalue weighted by Crippen LogP contribution is 1.98. The zero-order valence-electron chi connectivity index (χ0n) is 12.2. The van der Waals surface area contributed by atoms with Gasteiger partial charge in [0, 0.05) is 17.6 Å². The Kier molecular flexibility index (Phi) is 6.72. The molecule has 0 bridgehead atoms. The van der Waals surface area contributed by atoms with Gasteiger partial charge >= 0.3 is 0 Å². The van der Waals surface area contributed by atoms with Gasteiger partial charge in [-0.05, 0) is 54.5 Å². The van der Waals surface area contributed by atoms with Gasteiger partial charge < -0.3 is 16.0 Å². The van der Waals surface area contributed by atoms with Crippen LogP contribution in [0.1, 0.15) is 48.0 Å². The molecule has 0 heterocycles. The van der Waals surface area contributed by atoms with Gasteiger partial charge in [0.2, 0.25) is 5.91 Å². The number of rotatable bonds is 6. The van der Waals surface area contributed by atoms with Crippen molar-refractivity contribution < 1.29 is 4.79 Å². The van der Waals surface area contributed by atoms with E-state index in [0.717, 1.165) is 19.5 Å². The second-order valence-corrected chi connectivity index (χ2v) is 6.48. The summed E-state index contributed by atoms with van der Waals surface area (Å²) in [5.74, 6) is 0.0654. The lowest BCUT2D eigenvalue weighted by Gasteiger charge is -2.21. The van der Waals surface area contributed by atoms with Crippen LogP contribution in [0.25, 0.3) is 0 Å². The summed E-state index contributed by atoms with van der Waals surface area (Å²) in [7, 11) is 0. The van der Waals surface area contributed by atoms with Gasteiger partial charge in [0.05, 0.1) is 6.54 Å². The van der Waals surface area contributed by atoms with Crippen molar-refractivity contribution in [3.05, 3.63) is 0 Å². The quantitative estimate of drug-likeness (QED) is 0.616. The summed E-state index contributed by atoms with van der Waals surface area (Å²) in [6.07, 6.45) is 0.957. The Balaban J connectivity index is 3.47. The second-order valence-electron chi connectivity index (χ2n) is 6.48. The lowest BCUT2D eigenvalue weighted by molar-refractivity contribution is -0.120. The van der Waals surface area contributed by atoms with Crippen molar-refractivity contribution in [2.45, 2.75) is 59.0 Å². The standard InChI is InChI=1S/C13H29N3O/c1-12(2,3)15-9-7-8-14-11(17)10-16-13(4,5)6/h15-16H,7-10H2,1-6H3,(H,14,17). The summed E-state index contributed by atoms with van der Waals surface area (Å²) < 4.78 is 0. The molecule has 0 spiro atoms. The van der Waals surface area contributed by atoms with E-state index in [2.05, 4.69) is 36.7 Å². The molecular weight excluding hydrogens is 214 g/mol. The monoisotopic (exact) mass is 243 g/mol. The molecule has 0 aromatic rings. The Labute approximate surface area is 106 Å². The van der Waals surface area contributed by atoms with Crippen molar-refractivity contribution in [2.24, 2.45) is 0 Å². The van der Waals surface area contributed by atoms with Crippen molar-refractivity contribution in [1.82, 2.24) is 16.0 Å². The van der Waals surface area contributed by atoms with Crippen LogP contribution in [0.2, 0.25) is 0 Å². The van der Waals surface area contributed by atoms with E-state index in [1.807, 2.05) is 20.8 Å². The molecule has 0 aromatic carbocycles. The molecule has 0 radical (unpaired) electrons. The van der Waals surface area contributed by atoms with Crippen LogP contribution in [0.5, 0.6) is 0 Å². The highest BCUT2D eigenvalue weighted by Gasteiger charge is 2.11. The van der Waals surface area contributed by atoms with Gasteiger partial charge in [0.1, 0.15) is 0 Å². The smallest absolute Gasteiger partial charge is 0.233 e. The summed E-state index contributed by atoms with van der Waals surface area (Å²) in [6.45, 7) is 14.6. The van der Waals surface area contributed by atoms with E-state index >= 15 is 0 Å². The van der Waals surface area contributed by atoms with Crippen LogP contribution in [0.4, 0.5) is 0 Å². The van der Waals surface area contributed by atoms with E-state index in [1.54, 1.807) is 0 Å². The van der Waals surface area contributed by atoms with Crippen molar-refractivity contribution in [1.29, 1.82) is 0 Å². The van der Waals surface area contributed by atoms with Crippen molar-refractivity contribution in [2.75, 3.05) is 19.6 Å². The largest absolute Gasteiger partial charge is 0.355 e. The molecule has 0 aromatic heterocycles. The van der Waals surface area contributed by atoms with Gasteiger partial charge in [-0.1, -0.05) is 0 Å². The number of carbonyl (C=O) groups excluding carboxylic acids is 1. The Morgan fingerprint density at radius 2 is 1.41 bits per heavy atom. The van der Waals surface area contributed by atoms with Crippen molar-refractivity contribution >= 4 is 5.91 Å². The third-order valence-electron chi connectivity index (χ3n) is 2.11. The summed E-state index contributed by atoms with van der Waals surface area (Å²) in [5.41, 5.74) is 0.142. The normalized spacial score (nSPS) is 12.6. The topological polar surface area (TPSA) is 53.2 Å². The maximum atomic E-state index is 11.5. The van der Waals surface area contributed by atoms with Gasteiger partial charge in [-0.25, -0.2) is 0 Å². The van der Waals surface area contributed by atoms with Crippen LogP contribution in [-0.2, 0) is 4.79 Å². The third-order valence-corrected chi connectivity index (χ3v) is 2.11. The SMILES string of the molecule is CC(C)(C)NCCCNC(=O)CNC(C)(C)C. The fraction of sp³-hybridized carbons (Fsp3) is 0.923. The summed E-state index contributed by atoms with van der Waals surface area (Å²) in [4.78, 5) is 11.5. The Morgan fingerprint density at radius 1 is 0.882 bits per heavy atom. The van der Waals surface area contributed by atoms with Gasteiger partial charge in [-0.2, -0.15) is 0 Å². The first kappa shape index (κ1) is 16.4. The Hall–Kier alpha value is -0.610. The van der Waals surface area contributed by atoms with E-state index in [1.165, 1.54) is 0 Å². The average Bonchev–Trinajstić information content (AvgIpc) is 2.11.